The summed E-state index contributed by atoms with van der Waals surface area (Å²) < 4.78 is 17.5. The van der Waals surface area contributed by atoms with Crippen molar-refractivity contribution in [1.82, 2.24) is 14.4 Å². The van der Waals surface area contributed by atoms with E-state index >= 15 is 0 Å². The molecule has 2 aromatic rings. The average Bonchev–Trinajstić information content (AvgIpc) is 3.19. The minimum Gasteiger partial charge on any atom is -0.460 e. The lowest BCUT2D eigenvalue weighted by atomic mass is 9.79. The molecule has 2 atom stereocenters. The van der Waals surface area contributed by atoms with Crippen LogP contribution in [0.1, 0.15) is 58.6 Å². The zero-order chi connectivity index (χ0) is 30.1. The minimum atomic E-state index is -0.702. The van der Waals surface area contributed by atoms with Gasteiger partial charge in [-0.2, -0.15) is 0 Å². The van der Waals surface area contributed by atoms with Crippen molar-refractivity contribution in [3.8, 4) is 0 Å². The molecule has 0 fully saturated rings. The van der Waals surface area contributed by atoms with Crippen molar-refractivity contribution in [1.29, 1.82) is 0 Å². The van der Waals surface area contributed by atoms with Crippen LogP contribution in [0.3, 0.4) is 0 Å². The van der Waals surface area contributed by atoms with Crippen molar-refractivity contribution in [2.75, 3.05) is 33.5 Å². The van der Waals surface area contributed by atoms with Gasteiger partial charge in [-0.1, -0.05) is 18.2 Å². The van der Waals surface area contributed by atoms with Gasteiger partial charge in [0.1, 0.15) is 5.60 Å². The number of amides is 1. The molecule has 0 saturated carbocycles. The maximum absolute atomic E-state index is 13.2. The maximum Gasteiger partial charge on any atom is 0.422 e. The van der Waals surface area contributed by atoms with Crippen LogP contribution in [0.2, 0.25) is 0 Å². The number of likely N-dealkylation sites (N-methyl/N-ethyl adjacent to an activating group) is 1. The van der Waals surface area contributed by atoms with Gasteiger partial charge in [0.25, 0.3) is 0 Å². The Balaban J connectivity index is 1.51. The van der Waals surface area contributed by atoms with Crippen molar-refractivity contribution in [2.24, 2.45) is 5.92 Å². The molecule has 1 aromatic carbocycles. The zero-order valence-corrected chi connectivity index (χ0v) is 26.1. The maximum atomic E-state index is 13.2. The molecule has 41 heavy (non-hydrogen) atoms. The molecule has 1 amide bonds. The van der Waals surface area contributed by atoms with Gasteiger partial charge >= 0.3 is 18.0 Å². The van der Waals surface area contributed by atoms with Crippen molar-refractivity contribution in [3.63, 3.8) is 0 Å². The molecule has 0 unspecified atom stereocenters. The second-order valence-electron chi connectivity index (χ2n) is 11.3. The summed E-state index contributed by atoms with van der Waals surface area (Å²) >= 11 is 3.62. The Morgan fingerprint density at radius 1 is 1.05 bits per heavy atom. The first-order valence-corrected chi connectivity index (χ1v) is 14.7. The monoisotopic (exact) mass is 631 g/mol. The summed E-state index contributed by atoms with van der Waals surface area (Å²) in [4.78, 5) is 54.4. The second-order valence-corrected chi connectivity index (χ2v) is 12.1. The number of esters is 2. The van der Waals surface area contributed by atoms with E-state index in [1.165, 1.54) is 4.57 Å². The van der Waals surface area contributed by atoms with Gasteiger partial charge in [0.05, 0.1) is 28.9 Å². The predicted molar refractivity (Wildman–Crippen MR) is 157 cm³/mol. The van der Waals surface area contributed by atoms with E-state index in [4.69, 9.17) is 14.2 Å². The third-order valence-corrected chi connectivity index (χ3v) is 8.26. The lowest BCUT2D eigenvalue weighted by Crippen LogP contribution is -2.47. The molecular formula is C30H38BrN3O7. The summed E-state index contributed by atoms with van der Waals surface area (Å²) in [6, 6.07) is 5.81. The summed E-state index contributed by atoms with van der Waals surface area (Å²) in [5, 5.41) is 0.928. The van der Waals surface area contributed by atoms with Crippen molar-refractivity contribution in [3.05, 3.63) is 40.0 Å². The molecule has 10 nitrogen and oxygen atoms in total. The van der Waals surface area contributed by atoms with Crippen LogP contribution in [0, 0.1) is 5.92 Å². The SMILES string of the molecule is CCN(CC)C(=O)[C@@H]1C=C2c3cccc4c3c(c(Br)n4C(=O)OCOC(=O)CCC(=O)OC(C)(C)C)C[C@H]2N(C)C1. The van der Waals surface area contributed by atoms with E-state index in [-0.39, 0.29) is 30.7 Å². The highest BCUT2D eigenvalue weighted by molar-refractivity contribution is 9.10. The Hall–Kier alpha value is -3.18. The van der Waals surface area contributed by atoms with Crippen LogP contribution in [-0.2, 0) is 35.0 Å². The van der Waals surface area contributed by atoms with Gasteiger partial charge in [-0.25, -0.2) is 9.36 Å². The Morgan fingerprint density at radius 2 is 1.73 bits per heavy atom. The van der Waals surface area contributed by atoms with Crippen LogP contribution in [0.25, 0.3) is 16.5 Å². The Labute approximate surface area is 248 Å². The van der Waals surface area contributed by atoms with Gasteiger partial charge in [-0.05, 0) is 86.8 Å². The highest BCUT2D eigenvalue weighted by Gasteiger charge is 2.38. The third-order valence-electron chi connectivity index (χ3n) is 7.43. The Bertz CT molecular complexity index is 1390. The molecule has 0 spiro atoms. The lowest BCUT2D eigenvalue weighted by molar-refractivity contribution is -0.160. The highest BCUT2D eigenvalue weighted by Crippen LogP contribution is 2.45. The normalized spacial score (nSPS) is 18.4. The van der Waals surface area contributed by atoms with E-state index in [2.05, 4.69) is 26.9 Å². The molecule has 2 aliphatic rings. The number of hydrogen-bond acceptors (Lipinski definition) is 8. The molecule has 11 heteroatoms. The third kappa shape index (κ3) is 6.51. The van der Waals surface area contributed by atoms with Crippen LogP contribution in [0.4, 0.5) is 4.79 Å². The number of benzene rings is 1. The fourth-order valence-electron chi connectivity index (χ4n) is 5.57. The number of carbonyl (C=O) groups is 4. The van der Waals surface area contributed by atoms with E-state index in [9.17, 15) is 19.2 Å². The van der Waals surface area contributed by atoms with Gasteiger partial charge in [0, 0.05) is 31.1 Å². The highest BCUT2D eigenvalue weighted by atomic mass is 79.9. The number of rotatable bonds is 8. The predicted octanol–water partition coefficient (Wildman–Crippen LogP) is 4.75. The summed E-state index contributed by atoms with van der Waals surface area (Å²) in [6.45, 7) is 10.6. The lowest BCUT2D eigenvalue weighted by Gasteiger charge is -2.40. The van der Waals surface area contributed by atoms with E-state index in [1.54, 1.807) is 20.8 Å². The van der Waals surface area contributed by atoms with Crippen molar-refractivity contribution < 1.29 is 33.4 Å². The quantitative estimate of drug-likeness (QED) is 0.303. The van der Waals surface area contributed by atoms with Crippen LogP contribution in [-0.4, -0.2) is 83.4 Å². The zero-order valence-electron chi connectivity index (χ0n) is 24.5. The molecule has 1 aromatic heterocycles. The number of ether oxygens (including phenoxy) is 3. The molecule has 0 N–H and O–H groups in total. The van der Waals surface area contributed by atoms with Crippen LogP contribution in [0.5, 0.6) is 0 Å². The van der Waals surface area contributed by atoms with Gasteiger partial charge in [0.2, 0.25) is 12.7 Å². The van der Waals surface area contributed by atoms with Crippen LogP contribution < -0.4 is 0 Å². The minimum absolute atomic E-state index is 0.0583. The molecular weight excluding hydrogens is 594 g/mol. The standard InChI is InChI=1S/C30H38BrN3O7/c1-7-33(8-2)28(37)18-14-20-19-10-9-11-22-26(19)21(15-23(20)32(6)16-18)27(31)34(22)29(38)40-17-39-24(35)12-13-25(36)41-30(3,4)5/h9-11,14,18,23H,7-8,12-13,15-17H2,1-6H3/t18-,23-/m1/s1. The van der Waals surface area contributed by atoms with E-state index < -0.39 is 30.4 Å². The summed E-state index contributed by atoms with van der Waals surface area (Å²) in [5.74, 6) is -1.31. The summed E-state index contributed by atoms with van der Waals surface area (Å²) in [5.41, 5.74) is 3.06. The number of halogens is 1. The number of fused-ring (bicyclic) bond motifs is 2. The average molecular weight is 633 g/mol. The fraction of sp³-hybridized carbons (Fsp3) is 0.533. The first kappa shape index (κ1) is 30.8. The first-order chi connectivity index (χ1) is 19.4. The second kappa shape index (κ2) is 12.4. The summed E-state index contributed by atoms with van der Waals surface area (Å²) in [7, 11) is 2.03. The van der Waals surface area contributed by atoms with Crippen LogP contribution >= 0.6 is 15.9 Å². The molecule has 1 aliphatic carbocycles. The van der Waals surface area contributed by atoms with Crippen molar-refractivity contribution >= 4 is 56.3 Å². The number of nitrogens with zero attached hydrogens (tertiary/aromatic N) is 3. The molecule has 2 heterocycles. The van der Waals surface area contributed by atoms with Gasteiger partial charge in [-0.15, -0.1) is 0 Å². The molecule has 222 valence electrons. The molecule has 1 aliphatic heterocycles. The largest absolute Gasteiger partial charge is 0.460 e. The van der Waals surface area contributed by atoms with Gasteiger partial charge < -0.3 is 19.1 Å². The summed E-state index contributed by atoms with van der Waals surface area (Å²) in [6.07, 6.45) is 1.74. The van der Waals surface area contributed by atoms with E-state index in [0.717, 1.165) is 22.1 Å². The van der Waals surface area contributed by atoms with Gasteiger partial charge in [-0.3, -0.25) is 19.3 Å². The van der Waals surface area contributed by atoms with E-state index in [1.807, 2.05) is 44.0 Å². The molecule has 0 bridgehead atoms. The van der Waals surface area contributed by atoms with E-state index in [0.29, 0.717) is 36.2 Å². The first-order valence-electron chi connectivity index (χ1n) is 13.9. The number of aromatic nitrogens is 1. The molecule has 0 saturated heterocycles. The smallest absolute Gasteiger partial charge is 0.422 e. The Kier molecular flexibility index (Phi) is 9.28. The van der Waals surface area contributed by atoms with Crippen molar-refractivity contribution in [2.45, 2.75) is 65.5 Å². The number of carbonyl (C=O) groups excluding carboxylic acids is 4. The fourth-order valence-corrected chi connectivity index (χ4v) is 6.27. The van der Waals surface area contributed by atoms with Crippen LogP contribution in [0.15, 0.2) is 28.9 Å². The number of hydrogen-bond donors (Lipinski definition) is 0. The Morgan fingerprint density at radius 3 is 2.39 bits per heavy atom. The molecule has 0 radical (unpaired) electrons. The topological polar surface area (TPSA) is 107 Å². The molecule has 4 rings (SSSR count). The van der Waals surface area contributed by atoms with Gasteiger partial charge in [0.15, 0.2) is 0 Å².